The Balaban J connectivity index is 2.41. The summed E-state index contributed by atoms with van der Waals surface area (Å²) in [5.74, 6) is -0.0771. The minimum atomic E-state index is -0.311. The van der Waals surface area contributed by atoms with Gasteiger partial charge in [-0.2, -0.15) is 0 Å². The zero-order chi connectivity index (χ0) is 17.7. The van der Waals surface area contributed by atoms with Crippen molar-refractivity contribution < 1.29 is 9.69 Å². The molecule has 1 atom stereocenters. The fourth-order valence-electron chi connectivity index (χ4n) is 2.44. The Morgan fingerprint density at radius 1 is 1.38 bits per heavy atom. The summed E-state index contributed by atoms with van der Waals surface area (Å²) in [4.78, 5) is 30.6. The van der Waals surface area contributed by atoms with Crippen LogP contribution in [-0.4, -0.2) is 48.4 Å². The summed E-state index contributed by atoms with van der Waals surface area (Å²) in [7, 11) is 5.79. The Morgan fingerprint density at radius 3 is 2.75 bits per heavy atom. The van der Waals surface area contributed by atoms with E-state index in [-0.39, 0.29) is 16.7 Å². The molecule has 24 heavy (non-hydrogen) atoms. The molecule has 1 aromatic carbocycles. The number of fused-ring (bicyclic) bond motifs is 1. The fraction of sp³-hybridized carbons (Fsp3) is 0.471. The quantitative estimate of drug-likeness (QED) is 0.552. The molecule has 0 aliphatic rings. The van der Waals surface area contributed by atoms with Crippen molar-refractivity contribution in [1.29, 1.82) is 0 Å². The standard InChI is InChI=1S/C17H24N4O2S/c1-12(15(22)18-2)24-17-19-14-9-6-5-8-13(14)16(23)21(17)11-7-10-20(3)4/h5-6,8-9,12H,7,10-11H2,1-4H3,(H,18,22)/p+1/t12-/m0/s1. The van der Waals surface area contributed by atoms with Crippen LogP contribution in [0.5, 0.6) is 0 Å². The number of hydrogen-bond acceptors (Lipinski definition) is 4. The number of nitrogens with zero attached hydrogens (tertiary/aromatic N) is 2. The molecule has 0 aliphatic heterocycles. The lowest BCUT2D eigenvalue weighted by Gasteiger charge is -2.16. The summed E-state index contributed by atoms with van der Waals surface area (Å²) in [6.45, 7) is 3.39. The van der Waals surface area contributed by atoms with Gasteiger partial charge in [0.25, 0.3) is 5.56 Å². The third-order valence-electron chi connectivity index (χ3n) is 3.78. The summed E-state index contributed by atoms with van der Waals surface area (Å²) in [5, 5.41) is 3.54. The largest absolute Gasteiger partial charge is 0.358 e. The topological polar surface area (TPSA) is 68.4 Å². The van der Waals surface area contributed by atoms with E-state index in [1.807, 2.05) is 25.1 Å². The lowest BCUT2D eigenvalue weighted by atomic mass is 10.2. The van der Waals surface area contributed by atoms with Crippen molar-refractivity contribution in [2.75, 3.05) is 27.7 Å². The molecule has 0 saturated carbocycles. The first kappa shape index (κ1) is 18.5. The number of benzene rings is 1. The number of nitrogens with one attached hydrogen (secondary N) is 2. The molecule has 0 aliphatic carbocycles. The summed E-state index contributed by atoms with van der Waals surface area (Å²) in [6.07, 6.45) is 0.879. The molecule has 0 radical (unpaired) electrons. The lowest BCUT2D eigenvalue weighted by Crippen LogP contribution is -3.05. The molecule has 2 aromatic rings. The summed E-state index contributed by atoms with van der Waals surface area (Å²) >= 11 is 1.32. The van der Waals surface area contributed by atoms with Crippen LogP contribution in [0, 0.1) is 0 Å². The Hall–Kier alpha value is -1.86. The predicted molar refractivity (Wildman–Crippen MR) is 97.7 cm³/mol. The number of quaternary nitrogens is 1. The second kappa shape index (κ2) is 8.30. The SMILES string of the molecule is CNC(=O)[C@H](C)Sc1nc2ccccc2c(=O)n1CCC[NH+](C)C. The number of rotatable bonds is 7. The van der Waals surface area contributed by atoms with Gasteiger partial charge < -0.3 is 10.2 Å². The highest BCUT2D eigenvalue weighted by molar-refractivity contribution is 8.00. The number of amides is 1. The van der Waals surface area contributed by atoms with E-state index in [0.717, 1.165) is 13.0 Å². The van der Waals surface area contributed by atoms with Crippen molar-refractivity contribution in [2.45, 2.75) is 30.3 Å². The van der Waals surface area contributed by atoms with Gasteiger partial charge in [0, 0.05) is 20.0 Å². The third kappa shape index (κ3) is 4.36. The fourth-order valence-corrected chi connectivity index (χ4v) is 3.43. The van der Waals surface area contributed by atoms with Gasteiger partial charge >= 0.3 is 0 Å². The summed E-state index contributed by atoms with van der Waals surface area (Å²) in [6, 6.07) is 7.35. The zero-order valence-corrected chi connectivity index (χ0v) is 15.4. The maximum absolute atomic E-state index is 12.8. The van der Waals surface area contributed by atoms with Crippen molar-refractivity contribution in [2.24, 2.45) is 0 Å². The number of aromatic nitrogens is 2. The third-order valence-corrected chi connectivity index (χ3v) is 4.87. The number of para-hydroxylation sites is 1. The molecule has 2 rings (SSSR count). The predicted octanol–water partition coefficient (Wildman–Crippen LogP) is 0.158. The van der Waals surface area contributed by atoms with Crippen molar-refractivity contribution in [3.8, 4) is 0 Å². The summed E-state index contributed by atoms with van der Waals surface area (Å²) < 4.78 is 1.70. The van der Waals surface area contributed by atoms with E-state index in [2.05, 4.69) is 24.4 Å². The van der Waals surface area contributed by atoms with Crippen LogP contribution in [0.3, 0.4) is 0 Å². The van der Waals surface area contributed by atoms with E-state index in [9.17, 15) is 9.59 Å². The van der Waals surface area contributed by atoms with Crippen molar-refractivity contribution >= 4 is 28.6 Å². The molecule has 0 saturated heterocycles. The normalized spacial score (nSPS) is 12.5. The van der Waals surface area contributed by atoms with Gasteiger partial charge in [-0.25, -0.2) is 4.98 Å². The van der Waals surface area contributed by atoms with Crippen LogP contribution >= 0.6 is 11.8 Å². The van der Waals surface area contributed by atoms with Crippen LogP contribution in [0.15, 0.2) is 34.2 Å². The maximum Gasteiger partial charge on any atom is 0.262 e. The molecule has 0 spiro atoms. The summed E-state index contributed by atoms with van der Waals surface area (Å²) in [5.41, 5.74) is 0.629. The van der Waals surface area contributed by atoms with Gasteiger partial charge in [-0.05, 0) is 19.1 Å². The highest BCUT2D eigenvalue weighted by Gasteiger charge is 2.18. The zero-order valence-electron chi connectivity index (χ0n) is 14.6. The molecular formula is C17H25N4O2S+. The van der Waals surface area contributed by atoms with Gasteiger partial charge in [0.1, 0.15) is 0 Å². The Labute approximate surface area is 146 Å². The van der Waals surface area contributed by atoms with Gasteiger partial charge in [-0.15, -0.1) is 0 Å². The molecule has 1 heterocycles. The number of carbonyl (C=O) groups is 1. The molecule has 7 heteroatoms. The van der Waals surface area contributed by atoms with Crippen molar-refractivity contribution in [3.63, 3.8) is 0 Å². The van der Waals surface area contributed by atoms with E-state index in [1.54, 1.807) is 17.7 Å². The molecule has 0 bridgehead atoms. The molecule has 1 aromatic heterocycles. The average molecular weight is 349 g/mol. The van der Waals surface area contributed by atoms with E-state index in [1.165, 1.54) is 16.7 Å². The second-order valence-electron chi connectivity index (χ2n) is 6.05. The van der Waals surface area contributed by atoms with Crippen molar-refractivity contribution in [1.82, 2.24) is 14.9 Å². The molecule has 2 N–H and O–H groups in total. The molecule has 6 nitrogen and oxygen atoms in total. The lowest BCUT2D eigenvalue weighted by molar-refractivity contribution is -0.858. The van der Waals surface area contributed by atoms with E-state index < -0.39 is 0 Å². The molecular weight excluding hydrogens is 324 g/mol. The second-order valence-corrected chi connectivity index (χ2v) is 7.36. The highest BCUT2D eigenvalue weighted by atomic mass is 32.2. The molecule has 1 amide bonds. The smallest absolute Gasteiger partial charge is 0.262 e. The first-order valence-corrected chi connectivity index (χ1v) is 8.99. The van der Waals surface area contributed by atoms with E-state index in [0.29, 0.717) is 22.6 Å². The molecule has 130 valence electrons. The van der Waals surface area contributed by atoms with Gasteiger partial charge in [0.2, 0.25) is 5.91 Å². The maximum atomic E-state index is 12.8. The highest BCUT2D eigenvalue weighted by Crippen LogP contribution is 2.22. The van der Waals surface area contributed by atoms with Crippen LogP contribution in [0.4, 0.5) is 0 Å². The van der Waals surface area contributed by atoms with Gasteiger partial charge in [-0.3, -0.25) is 14.2 Å². The van der Waals surface area contributed by atoms with E-state index >= 15 is 0 Å². The minimum absolute atomic E-state index is 0.0408. The van der Waals surface area contributed by atoms with Gasteiger partial charge in [0.05, 0.1) is 36.8 Å². The number of hydrogen-bond donors (Lipinski definition) is 2. The first-order valence-electron chi connectivity index (χ1n) is 8.11. The Kier molecular flexibility index (Phi) is 6.39. The number of carbonyl (C=O) groups excluding carboxylic acids is 1. The minimum Gasteiger partial charge on any atom is -0.358 e. The van der Waals surface area contributed by atoms with Crippen LogP contribution < -0.4 is 15.8 Å². The van der Waals surface area contributed by atoms with Crippen LogP contribution in [0.25, 0.3) is 10.9 Å². The van der Waals surface area contributed by atoms with Crippen LogP contribution in [0.1, 0.15) is 13.3 Å². The van der Waals surface area contributed by atoms with Crippen molar-refractivity contribution in [3.05, 3.63) is 34.6 Å². The Bertz CT molecular complexity index is 773. The Morgan fingerprint density at radius 2 is 2.08 bits per heavy atom. The molecule has 0 unspecified atom stereocenters. The van der Waals surface area contributed by atoms with E-state index in [4.69, 9.17) is 0 Å². The average Bonchev–Trinajstić information content (AvgIpc) is 2.56. The van der Waals surface area contributed by atoms with Crippen LogP contribution in [0.2, 0.25) is 0 Å². The monoisotopic (exact) mass is 349 g/mol. The van der Waals surface area contributed by atoms with Crippen LogP contribution in [-0.2, 0) is 11.3 Å². The van der Waals surface area contributed by atoms with Gasteiger partial charge in [0.15, 0.2) is 5.16 Å². The number of thioether (sulfide) groups is 1. The molecule has 0 fully saturated rings. The van der Waals surface area contributed by atoms with Gasteiger partial charge in [-0.1, -0.05) is 23.9 Å². The first-order chi connectivity index (χ1) is 11.4.